The van der Waals surface area contributed by atoms with Crippen LogP contribution in [0.1, 0.15) is 0 Å². The Kier molecular flexibility index (Phi) is 7.68. The zero-order valence-electron chi connectivity index (χ0n) is 13.7. The average Bonchev–Trinajstić information content (AvgIpc) is 2.59. The van der Waals surface area contributed by atoms with Crippen LogP contribution in [0.3, 0.4) is 0 Å². The summed E-state index contributed by atoms with van der Waals surface area (Å²) in [4.78, 5) is 17.9. The van der Waals surface area contributed by atoms with Crippen LogP contribution in [-0.4, -0.2) is 120 Å². The lowest BCUT2D eigenvalue weighted by Gasteiger charge is -2.45. The van der Waals surface area contributed by atoms with Gasteiger partial charge in [0, 0.05) is 0 Å². The largest absolute Gasteiger partial charge is 0.470 e. The highest BCUT2D eigenvalue weighted by Crippen LogP contribution is 2.41. The molecule has 2 rings (SSSR count). The van der Waals surface area contributed by atoms with E-state index < -0.39 is 82.4 Å². The molecule has 14 nitrogen and oxygen atoms in total. The monoisotopic (exact) mass is 422 g/mol. The van der Waals surface area contributed by atoms with Gasteiger partial charge in [-0.1, -0.05) is 0 Å². The minimum Gasteiger partial charge on any atom is -0.394 e. The van der Waals surface area contributed by atoms with E-state index >= 15 is 0 Å². The molecule has 0 aromatic heterocycles. The molecular formula is C12H23O14P. The second kappa shape index (κ2) is 9.02. The normalized spacial score (nSPS) is 46.4. The molecule has 0 saturated carbocycles. The van der Waals surface area contributed by atoms with Gasteiger partial charge in [0.1, 0.15) is 48.8 Å². The molecule has 0 aliphatic carbocycles. The van der Waals surface area contributed by atoms with Crippen molar-refractivity contribution in [3.8, 4) is 0 Å². The van der Waals surface area contributed by atoms with Crippen molar-refractivity contribution in [2.45, 2.75) is 61.4 Å². The number of ether oxygens (including phenoxy) is 3. The standard InChI is InChI=1S/C12H23O14P/c13-1-3-5(15)10(26-27(20,21)22)8(18)12(24-3)25-9-4(2-14)23-11(19)7(17)6(9)16/h3-19H,1-2H2,(H2,20,21,22)/t3-,4-,5-,6-,7-,8-,9-,10+,11-,12-/m1/s1. The van der Waals surface area contributed by atoms with Crippen molar-refractivity contribution >= 4 is 7.82 Å². The van der Waals surface area contributed by atoms with E-state index in [0.717, 1.165) is 0 Å². The van der Waals surface area contributed by atoms with Gasteiger partial charge in [-0.15, -0.1) is 0 Å². The lowest BCUT2D eigenvalue weighted by molar-refractivity contribution is -0.354. The molecule has 10 atom stereocenters. The molecule has 2 aliphatic heterocycles. The van der Waals surface area contributed by atoms with Crippen molar-refractivity contribution < 1.29 is 68.8 Å². The van der Waals surface area contributed by atoms with Crippen molar-refractivity contribution in [3.05, 3.63) is 0 Å². The fourth-order valence-electron chi connectivity index (χ4n) is 2.84. The molecule has 0 bridgehead atoms. The number of aliphatic hydroxyl groups is 7. The third kappa shape index (κ3) is 5.20. The topological polar surface area (TPSA) is 236 Å². The molecule has 2 heterocycles. The molecule has 0 amide bonds. The highest BCUT2D eigenvalue weighted by molar-refractivity contribution is 7.46. The Morgan fingerprint density at radius 2 is 1.37 bits per heavy atom. The van der Waals surface area contributed by atoms with Crippen LogP contribution in [0, 0.1) is 0 Å². The van der Waals surface area contributed by atoms with Gasteiger partial charge in [0.15, 0.2) is 12.6 Å². The maximum atomic E-state index is 11.1. The molecule has 2 fully saturated rings. The van der Waals surface area contributed by atoms with E-state index in [1.165, 1.54) is 0 Å². The molecule has 0 radical (unpaired) electrons. The summed E-state index contributed by atoms with van der Waals surface area (Å²) in [6.07, 6.45) is -17.5. The number of phosphoric ester groups is 1. The smallest absolute Gasteiger partial charge is 0.394 e. The summed E-state index contributed by atoms with van der Waals surface area (Å²) in [5, 5.41) is 67.9. The van der Waals surface area contributed by atoms with Gasteiger partial charge in [0.05, 0.1) is 13.2 Å². The van der Waals surface area contributed by atoms with Crippen LogP contribution < -0.4 is 0 Å². The molecule has 2 aliphatic rings. The van der Waals surface area contributed by atoms with Crippen LogP contribution in [0.15, 0.2) is 0 Å². The lowest BCUT2D eigenvalue weighted by atomic mass is 9.97. The SMILES string of the molecule is O=P(O)(O)O[C@@H]1[C@@H](O)[C@@H](O[C@H]2[C@H](O)[C@@H](O)[C@H](O)O[C@@H]2CO)O[C@H](CO)[C@H]1O. The van der Waals surface area contributed by atoms with Crippen LogP contribution in [0.25, 0.3) is 0 Å². The number of rotatable bonds is 6. The van der Waals surface area contributed by atoms with Gasteiger partial charge in [0.25, 0.3) is 0 Å². The summed E-state index contributed by atoms with van der Waals surface area (Å²) in [7, 11) is -5.16. The number of hydrogen-bond acceptors (Lipinski definition) is 12. The minimum absolute atomic E-state index is 0.775. The number of phosphoric acid groups is 1. The maximum Gasteiger partial charge on any atom is 0.470 e. The zero-order chi connectivity index (χ0) is 20.5. The van der Waals surface area contributed by atoms with Crippen molar-refractivity contribution in [2.75, 3.05) is 13.2 Å². The molecule has 15 heteroatoms. The van der Waals surface area contributed by atoms with Crippen molar-refractivity contribution in [1.29, 1.82) is 0 Å². The highest BCUT2D eigenvalue weighted by Gasteiger charge is 2.52. The van der Waals surface area contributed by atoms with Crippen LogP contribution in [0.2, 0.25) is 0 Å². The van der Waals surface area contributed by atoms with Crippen molar-refractivity contribution in [1.82, 2.24) is 0 Å². The van der Waals surface area contributed by atoms with Crippen LogP contribution in [0.5, 0.6) is 0 Å². The van der Waals surface area contributed by atoms with E-state index in [4.69, 9.17) is 24.0 Å². The second-order valence-corrected chi connectivity index (χ2v) is 7.29. The van der Waals surface area contributed by atoms with Gasteiger partial charge in [-0.2, -0.15) is 0 Å². The van der Waals surface area contributed by atoms with E-state index in [1.54, 1.807) is 0 Å². The van der Waals surface area contributed by atoms with Crippen LogP contribution in [-0.2, 0) is 23.3 Å². The minimum atomic E-state index is -5.16. The quantitative estimate of drug-likeness (QED) is 0.182. The molecule has 160 valence electrons. The molecule has 2 saturated heterocycles. The van der Waals surface area contributed by atoms with E-state index in [1.807, 2.05) is 0 Å². The Balaban J connectivity index is 2.21. The Morgan fingerprint density at radius 1 is 0.778 bits per heavy atom. The summed E-state index contributed by atoms with van der Waals surface area (Å²) in [5.74, 6) is 0. The van der Waals surface area contributed by atoms with Gasteiger partial charge in [-0.25, -0.2) is 4.57 Å². The van der Waals surface area contributed by atoms with E-state index in [2.05, 4.69) is 4.52 Å². The third-order valence-electron chi connectivity index (χ3n) is 4.21. The maximum absolute atomic E-state index is 11.1. The molecular weight excluding hydrogens is 399 g/mol. The molecule has 0 aromatic rings. The fraction of sp³-hybridized carbons (Fsp3) is 1.00. The lowest BCUT2D eigenvalue weighted by Crippen LogP contribution is -2.64. The summed E-state index contributed by atoms with van der Waals surface area (Å²) in [6.45, 7) is -1.62. The van der Waals surface area contributed by atoms with Gasteiger partial charge >= 0.3 is 7.82 Å². The third-order valence-corrected chi connectivity index (χ3v) is 4.73. The van der Waals surface area contributed by atoms with Crippen LogP contribution in [0.4, 0.5) is 0 Å². The number of hydrogen-bond donors (Lipinski definition) is 9. The molecule has 27 heavy (non-hydrogen) atoms. The second-order valence-electron chi connectivity index (χ2n) is 6.10. The van der Waals surface area contributed by atoms with Gasteiger partial charge < -0.3 is 59.7 Å². The highest BCUT2D eigenvalue weighted by atomic mass is 31.2. The first-order valence-electron chi connectivity index (χ1n) is 7.82. The van der Waals surface area contributed by atoms with Gasteiger partial charge in [0.2, 0.25) is 0 Å². The molecule has 0 aromatic carbocycles. The van der Waals surface area contributed by atoms with Gasteiger partial charge in [-0.3, -0.25) is 4.52 Å². The molecule has 0 unspecified atom stereocenters. The molecule has 0 spiro atoms. The van der Waals surface area contributed by atoms with E-state index in [-0.39, 0.29) is 0 Å². The van der Waals surface area contributed by atoms with Crippen molar-refractivity contribution in [3.63, 3.8) is 0 Å². The predicted molar refractivity (Wildman–Crippen MR) is 79.5 cm³/mol. The predicted octanol–water partition coefficient (Wildman–Crippen LogP) is -5.28. The van der Waals surface area contributed by atoms with E-state index in [9.17, 15) is 40.3 Å². The Bertz CT molecular complexity index is 526. The first-order chi connectivity index (χ1) is 12.5. The Hall–Kier alpha value is -0.290. The average molecular weight is 422 g/mol. The first-order valence-corrected chi connectivity index (χ1v) is 9.35. The zero-order valence-corrected chi connectivity index (χ0v) is 14.6. The molecule has 9 N–H and O–H groups in total. The number of aliphatic hydroxyl groups excluding tert-OH is 7. The fourth-order valence-corrected chi connectivity index (χ4v) is 3.40. The van der Waals surface area contributed by atoms with Crippen LogP contribution >= 0.6 is 7.82 Å². The summed E-state index contributed by atoms with van der Waals surface area (Å²) in [6, 6.07) is 0. The Labute approximate surface area is 152 Å². The Morgan fingerprint density at radius 3 is 1.89 bits per heavy atom. The van der Waals surface area contributed by atoms with Gasteiger partial charge in [-0.05, 0) is 0 Å². The summed E-state index contributed by atoms with van der Waals surface area (Å²) in [5.41, 5.74) is 0. The summed E-state index contributed by atoms with van der Waals surface area (Å²) >= 11 is 0. The van der Waals surface area contributed by atoms with Crippen molar-refractivity contribution in [2.24, 2.45) is 0 Å². The van der Waals surface area contributed by atoms with E-state index in [0.29, 0.717) is 0 Å². The summed E-state index contributed by atoms with van der Waals surface area (Å²) < 4.78 is 30.7. The first kappa shape index (κ1) is 23.0.